The van der Waals surface area contributed by atoms with Crippen LogP contribution >= 0.6 is 12.4 Å². The fourth-order valence-electron chi connectivity index (χ4n) is 1.78. The smallest absolute Gasteiger partial charge is 0.244 e. The highest BCUT2D eigenvalue weighted by Gasteiger charge is 2.25. The van der Waals surface area contributed by atoms with Gasteiger partial charge in [0.1, 0.15) is 4.90 Å². The lowest BCUT2D eigenvalue weighted by Gasteiger charge is -2.11. The fourth-order valence-corrected chi connectivity index (χ4v) is 3.25. The summed E-state index contributed by atoms with van der Waals surface area (Å²) < 4.78 is 28.3. The van der Waals surface area contributed by atoms with Crippen LogP contribution in [0, 0.1) is 6.92 Å². The minimum absolute atomic E-state index is 0. The molecule has 0 amide bonds. The molecule has 2 N–H and O–H groups in total. The van der Waals surface area contributed by atoms with Crippen LogP contribution in [0.3, 0.4) is 0 Å². The van der Waals surface area contributed by atoms with Crippen molar-refractivity contribution in [1.82, 2.24) is 19.8 Å². The van der Waals surface area contributed by atoms with Gasteiger partial charge < -0.3 is 5.32 Å². The van der Waals surface area contributed by atoms with E-state index in [1.54, 1.807) is 18.7 Å². The van der Waals surface area contributed by atoms with Crippen molar-refractivity contribution < 1.29 is 8.42 Å². The molecule has 1 aromatic heterocycles. The summed E-state index contributed by atoms with van der Waals surface area (Å²) in [7, 11) is -1.70. The van der Waals surface area contributed by atoms with Crippen molar-refractivity contribution in [3.8, 4) is 0 Å². The Kier molecular flexibility index (Phi) is 4.54. The van der Waals surface area contributed by atoms with Crippen molar-refractivity contribution in [1.29, 1.82) is 0 Å². The van der Waals surface area contributed by atoms with E-state index in [1.807, 2.05) is 0 Å². The molecule has 1 saturated heterocycles. The molecule has 0 radical (unpaired) electrons. The van der Waals surface area contributed by atoms with Crippen molar-refractivity contribution >= 4 is 22.4 Å². The second kappa shape index (κ2) is 5.34. The molecule has 17 heavy (non-hydrogen) atoms. The first-order chi connectivity index (χ1) is 7.50. The molecule has 1 fully saturated rings. The molecule has 0 spiro atoms. The van der Waals surface area contributed by atoms with Gasteiger partial charge in [0.15, 0.2) is 0 Å². The molecule has 1 aromatic rings. The number of nitrogens with one attached hydrogen (secondary N) is 2. The van der Waals surface area contributed by atoms with Gasteiger partial charge in [0.05, 0.1) is 11.9 Å². The molecule has 98 valence electrons. The Labute approximate surface area is 107 Å². The number of aryl methyl sites for hydroxylation is 1. The monoisotopic (exact) mass is 280 g/mol. The van der Waals surface area contributed by atoms with Gasteiger partial charge in [-0.3, -0.25) is 4.68 Å². The lowest BCUT2D eigenvalue weighted by molar-refractivity contribution is 0.559. The topological polar surface area (TPSA) is 76.0 Å². The average molecular weight is 281 g/mol. The van der Waals surface area contributed by atoms with Gasteiger partial charge >= 0.3 is 0 Å². The lowest BCUT2D eigenvalue weighted by Crippen LogP contribution is -2.36. The predicted molar refractivity (Wildman–Crippen MR) is 66.8 cm³/mol. The van der Waals surface area contributed by atoms with Gasteiger partial charge in [-0.05, 0) is 19.9 Å². The van der Waals surface area contributed by atoms with Gasteiger partial charge in [-0.2, -0.15) is 5.10 Å². The molecule has 2 heterocycles. The Morgan fingerprint density at radius 1 is 1.59 bits per heavy atom. The van der Waals surface area contributed by atoms with E-state index in [0.29, 0.717) is 12.2 Å². The minimum atomic E-state index is -3.43. The maximum Gasteiger partial charge on any atom is 0.244 e. The number of hydrogen-bond acceptors (Lipinski definition) is 4. The molecule has 0 bridgehead atoms. The molecule has 1 aliphatic rings. The van der Waals surface area contributed by atoms with Crippen LogP contribution in [-0.2, 0) is 17.1 Å². The normalized spacial score (nSPS) is 20.2. The average Bonchev–Trinajstić information content (AvgIpc) is 2.78. The zero-order valence-electron chi connectivity index (χ0n) is 9.80. The molecule has 2 rings (SSSR count). The predicted octanol–water partition coefficient (Wildman–Crippen LogP) is -0.209. The molecule has 1 aliphatic heterocycles. The largest absolute Gasteiger partial charge is 0.315 e. The highest BCUT2D eigenvalue weighted by atomic mass is 35.5. The summed E-state index contributed by atoms with van der Waals surface area (Å²) in [6.45, 7) is 3.30. The number of nitrogens with zero attached hydrogens (tertiary/aromatic N) is 2. The summed E-state index contributed by atoms with van der Waals surface area (Å²) in [5, 5.41) is 7.06. The zero-order chi connectivity index (χ0) is 11.8. The fraction of sp³-hybridized carbons (Fsp3) is 0.667. The number of aromatic nitrogens is 2. The molecule has 0 aliphatic carbocycles. The number of hydrogen-bond donors (Lipinski definition) is 2. The van der Waals surface area contributed by atoms with Crippen LogP contribution in [0.4, 0.5) is 0 Å². The number of halogens is 1. The molecule has 8 heteroatoms. The summed E-state index contributed by atoms with van der Waals surface area (Å²) >= 11 is 0. The Hall–Kier alpha value is -0.630. The summed E-state index contributed by atoms with van der Waals surface area (Å²) in [5.74, 6) is 0. The van der Waals surface area contributed by atoms with Crippen LogP contribution in [0.5, 0.6) is 0 Å². The van der Waals surface area contributed by atoms with E-state index in [9.17, 15) is 8.42 Å². The Bertz CT molecular complexity index is 479. The lowest BCUT2D eigenvalue weighted by atomic mass is 10.3. The standard InChI is InChI=1S/C9H16N4O2S.ClH/c1-7-9(6-11-13(7)2)16(14,15)12-8-3-4-10-5-8;/h6,8,10,12H,3-5H2,1-2H3;1H. The summed E-state index contributed by atoms with van der Waals surface area (Å²) in [4.78, 5) is 0.266. The van der Waals surface area contributed by atoms with Gasteiger partial charge in [0.25, 0.3) is 0 Å². The minimum Gasteiger partial charge on any atom is -0.315 e. The van der Waals surface area contributed by atoms with E-state index < -0.39 is 10.0 Å². The SMILES string of the molecule is Cc1c(S(=O)(=O)NC2CCNC2)cnn1C.Cl. The van der Waals surface area contributed by atoms with Gasteiger partial charge in [-0.15, -0.1) is 12.4 Å². The molecular formula is C9H17ClN4O2S. The van der Waals surface area contributed by atoms with Crippen LogP contribution in [-0.4, -0.2) is 37.3 Å². The van der Waals surface area contributed by atoms with E-state index >= 15 is 0 Å². The van der Waals surface area contributed by atoms with Gasteiger partial charge in [0, 0.05) is 19.6 Å². The van der Waals surface area contributed by atoms with Crippen molar-refractivity contribution in [3.63, 3.8) is 0 Å². The summed E-state index contributed by atoms with van der Waals surface area (Å²) in [6.07, 6.45) is 2.22. The van der Waals surface area contributed by atoms with Crippen LogP contribution in [0.15, 0.2) is 11.1 Å². The number of sulfonamides is 1. The van der Waals surface area contributed by atoms with Crippen LogP contribution in [0.2, 0.25) is 0 Å². The summed E-state index contributed by atoms with van der Waals surface area (Å²) in [6, 6.07) is -0.00962. The molecular weight excluding hydrogens is 264 g/mol. The molecule has 1 atom stereocenters. The van der Waals surface area contributed by atoms with E-state index in [4.69, 9.17) is 0 Å². The Morgan fingerprint density at radius 2 is 2.29 bits per heavy atom. The zero-order valence-corrected chi connectivity index (χ0v) is 11.4. The highest BCUT2D eigenvalue weighted by molar-refractivity contribution is 7.89. The maximum atomic E-state index is 12.0. The van der Waals surface area contributed by atoms with Crippen molar-refractivity contribution in [2.75, 3.05) is 13.1 Å². The molecule has 0 saturated carbocycles. The second-order valence-corrected chi connectivity index (χ2v) is 5.71. The molecule has 1 unspecified atom stereocenters. The Morgan fingerprint density at radius 3 is 2.76 bits per heavy atom. The second-order valence-electron chi connectivity index (χ2n) is 4.03. The molecule has 0 aromatic carbocycles. The van der Waals surface area contributed by atoms with Crippen molar-refractivity contribution in [2.24, 2.45) is 7.05 Å². The van der Waals surface area contributed by atoms with Gasteiger partial charge in [-0.25, -0.2) is 13.1 Å². The first kappa shape index (κ1) is 14.4. The van der Waals surface area contributed by atoms with Crippen LogP contribution < -0.4 is 10.0 Å². The van der Waals surface area contributed by atoms with Crippen LogP contribution in [0.1, 0.15) is 12.1 Å². The number of rotatable bonds is 3. The van der Waals surface area contributed by atoms with E-state index in [1.165, 1.54) is 6.20 Å². The highest BCUT2D eigenvalue weighted by Crippen LogP contribution is 2.14. The third kappa shape index (κ3) is 2.98. The third-order valence-electron chi connectivity index (χ3n) is 2.86. The van der Waals surface area contributed by atoms with E-state index in [2.05, 4.69) is 15.1 Å². The van der Waals surface area contributed by atoms with Gasteiger partial charge in [-0.1, -0.05) is 0 Å². The van der Waals surface area contributed by atoms with E-state index in [-0.39, 0.29) is 23.3 Å². The first-order valence-corrected chi connectivity index (χ1v) is 6.70. The maximum absolute atomic E-state index is 12.0. The summed E-state index contributed by atoms with van der Waals surface area (Å²) in [5.41, 5.74) is 0.651. The third-order valence-corrected chi connectivity index (χ3v) is 4.49. The van der Waals surface area contributed by atoms with Gasteiger partial charge in [0.2, 0.25) is 10.0 Å². The van der Waals surface area contributed by atoms with Crippen LogP contribution in [0.25, 0.3) is 0 Å². The quantitative estimate of drug-likeness (QED) is 0.803. The Balaban J connectivity index is 0.00000144. The van der Waals surface area contributed by atoms with Crippen molar-refractivity contribution in [2.45, 2.75) is 24.3 Å². The van der Waals surface area contributed by atoms with Crippen molar-refractivity contribution in [3.05, 3.63) is 11.9 Å². The van der Waals surface area contributed by atoms with E-state index in [0.717, 1.165) is 13.0 Å². The first-order valence-electron chi connectivity index (χ1n) is 5.22. The molecule has 6 nitrogen and oxygen atoms in total.